The lowest BCUT2D eigenvalue weighted by molar-refractivity contribution is 0.605. The molecule has 0 radical (unpaired) electrons. The highest BCUT2D eigenvalue weighted by Crippen LogP contribution is 2.26. The van der Waals surface area contributed by atoms with Crippen molar-refractivity contribution in [1.29, 1.82) is 0 Å². The minimum Gasteiger partial charge on any atom is -0.256 e. The van der Waals surface area contributed by atoms with Gasteiger partial charge in [0.05, 0.1) is 5.52 Å². The number of rotatable bonds is 2. The van der Waals surface area contributed by atoms with Gasteiger partial charge in [-0.05, 0) is 17.7 Å². The summed E-state index contributed by atoms with van der Waals surface area (Å²) in [5.74, 6) is 0. The molecule has 1 heterocycles. The maximum atomic E-state index is 4.47. The maximum absolute atomic E-state index is 4.47. The number of aromatic nitrogens is 1. The van der Waals surface area contributed by atoms with Crippen molar-refractivity contribution in [2.45, 2.75) is 19.3 Å². The minimum absolute atomic E-state index is 0.136. The number of pyridine rings is 1. The van der Waals surface area contributed by atoms with E-state index in [-0.39, 0.29) is 5.41 Å². The molecule has 1 aromatic heterocycles. The van der Waals surface area contributed by atoms with E-state index in [4.69, 9.17) is 0 Å². The van der Waals surface area contributed by atoms with Crippen LogP contribution < -0.4 is 0 Å². The van der Waals surface area contributed by atoms with Crippen LogP contribution in [0.15, 0.2) is 36.5 Å². The monoisotopic (exact) mass is 263 g/mol. The van der Waals surface area contributed by atoms with Crippen molar-refractivity contribution >= 4 is 26.8 Å². The van der Waals surface area contributed by atoms with Gasteiger partial charge in [-0.2, -0.15) is 0 Å². The van der Waals surface area contributed by atoms with Gasteiger partial charge in [0.1, 0.15) is 0 Å². The standard InChI is InChI=1S/C13H14BrN/c1-13(2,9-14)11-7-10-5-3-4-6-12(10)15-8-11/h3-8H,9H2,1-2H3. The SMILES string of the molecule is CC(C)(CBr)c1cnc2ccccc2c1. The van der Waals surface area contributed by atoms with Gasteiger partial charge in [0.15, 0.2) is 0 Å². The van der Waals surface area contributed by atoms with Crippen LogP contribution in [0.2, 0.25) is 0 Å². The Labute approximate surface area is 98.7 Å². The van der Waals surface area contributed by atoms with Crippen LogP contribution >= 0.6 is 15.9 Å². The zero-order valence-corrected chi connectivity index (χ0v) is 10.6. The van der Waals surface area contributed by atoms with Crippen LogP contribution in [0.5, 0.6) is 0 Å². The van der Waals surface area contributed by atoms with E-state index in [1.165, 1.54) is 10.9 Å². The number of hydrogen-bond donors (Lipinski definition) is 0. The van der Waals surface area contributed by atoms with Crippen molar-refractivity contribution in [2.24, 2.45) is 0 Å². The molecule has 0 bridgehead atoms. The number of nitrogens with zero attached hydrogens (tertiary/aromatic N) is 1. The third kappa shape index (κ3) is 2.05. The second-order valence-electron chi connectivity index (χ2n) is 4.43. The molecule has 0 saturated carbocycles. The van der Waals surface area contributed by atoms with Crippen molar-refractivity contribution in [1.82, 2.24) is 4.98 Å². The smallest absolute Gasteiger partial charge is 0.0702 e. The van der Waals surface area contributed by atoms with Crippen LogP contribution in [-0.2, 0) is 5.41 Å². The molecular weight excluding hydrogens is 250 g/mol. The molecule has 0 unspecified atom stereocenters. The zero-order valence-electron chi connectivity index (χ0n) is 9.00. The Hall–Kier alpha value is -0.890. The van der Waals surface area contributed by atoms with Gasteiger partial charge in [0, 0.05) is 22.3 Å². The summed E-state index contributed by atoms with van der Waals surface area (Å²) in [6.07, 6.45) is 1.98. The molecule has 1 nitrogen and oxygen atoms in total. The number of para-hydroxylation sites is 1. The Morgan fingerprint density at radius 1 is 1.27 bits per heavy atom. The summed E-state index contributed by atoms with van der Waals surface area (Å²) >= 11 is 3.54. The molecule has 0 spiro atoms. The highest BCUT2D eigenvalue weighted by molar-refractivity contribution is 9.09. The first kappa shape index (κ1) is 10.6. The highest BCUT2D eigenvalue weighted by atomic mass is 79.9. The highest BCUT2D eigenvalue weighted by Gasteiger charge is 2.19. The van der Waals surface area contributed by atoms with Crippen LogP contribution in [0.3, 0.4) is 0 Å². The van der Waals surface area contributed by atoms with Crippen molar-refractivity contribution < 1.29 is 0 Å². The van der Waals surface area contributed by atoms with Gasteiger partial charge in [-0.25, -0.2) is 0 Å². The number of fused-ring (bicyclic) bond motifs is 1. The average Bonchev–Trinajstić information content (AvgIpc) is 2.28. The second-order valence-corrected chi connectivity index (χ2v) is 4.99. The first-order valence-electron chi connectivity index (χ1n) is 5.05. The van der Waals surface area contributed by atoms with Crippen LogP contribution in [-0.4, -0.2) is 10.3 Å². The molecule has 0 aliphatic heterocycles. The van der Waals surface area contributed by atoms with E-state index in [2.05, 4.69) is 53.0 Å². The van der Waals surface area contributed by atoms with Crippen molar-refractivity contribution in [3.05, 3.63) is 42.1 Å². The first-order chi connectivity index (χ1) is 7.13. The van der Waals surface area contributed by atoms with Gasteiger partial charge in [-0.15, -0.1) is 0 Å². The van der Waals surface area contributed by atoms with E-state index in [1.807, 2.05) is 18.3 Å². The molecule has 2 aromatic rings. The Kier molecular flexibility index (Phi) is 2.79. The lowest BCUT2D eigenvalue weighted by Crippen LogP contribution is -2.18. The summed E-state index contributed by atoms with van der Waals surface area (Å²) in [4.78, 5) is 4.47. The molecule has 0 amide bonds. The average molecular weight is 264 g/mol. The molecule has 78 valence electrons. The van der Waals surface area contributed by atoms with Gasteiger partial charge in [0.2, 0.25) is 0 Å². The van der Waals surface area contributed by atoms with E-state index in [1.54, 1.807) is 0 Å². The van der Waals surface area contributed by atoms with E-state index in [0.29, 0.717) is 0 Å². The third-order valence-corrected chi connectivity index (χ3v) is 4.11. The normalized spacial score (nSPS) is 11.9. The molecule has 2 heteroatoms. The fourth-order valence-electron chi connectivity index (χ4n) is 1.52. The summed E-state index contributed by atoms with van der Waals surface area (Å²) in [5.41, 5.74) is 2.47. The van der Waals surface area contributed by atoms with Crippen molar-refractivity contribution in [3.8, 4) is 0 Å². The number of halogens is 1. The zero-order chi connectivity index (χ0) is 10.9. The Bertz CT molecular complexity index is 477. The Balaban J connectivity index is 2.56. The van der Waals surface area contributed by atoms with Crippen LogP contribution in [0, 0.1) is 0 Å². The summed E-state index contributed by atoms with van der Waals surface area (Å²) in [6.45, 7) is 4.43. The van der Waals surface area contributed by atoms with E-state index < -0.39 is 0 Å². The lowest BCUT2D eigenvalue weighted by atomic mass is 9.87. The predicted molar refractivity (Wildman–Crippen MR) is 68.6 cm³/mol. The minimum atomic E-state index is 0.136. The number of benzene rings is 1. The molecule has 2 rings (SSSR count). The molecule has 0 aliphatic carbocycles. The van der Waals surface area contributed by atoms with Crippen molar-refractivity contribution in [2.75, 3.05) is 5.33 Å². The topological polar surface area (TPSA) is 12.9 Å². The fraction of sp³-hybridized carbons (Fsp3) is 0.308. The third-order valence-electron chi connectivity index (χ3n) is 2.71. The predicted octanol–water partition coefficient (Wildman–Crippen LogP) is 3.91. The van der Waals surface area contributed by atoms with E-state index in [0.717, 1.165) is 10.8 Å². The van der Waals surface area contributed by atoms with Gasteiger partial charge in [0.25, 0.3) is 0 Å². The number of hydrogen-bond acceptors (Lipinski definition) is 1. The molecule has 0 aliphatic rings. The largest absolute Gasteiger partial charge is 0.256 e. The first-order valence-corrected chi connectivity index (χ1v) is 6.17. The van der Waals surface area contributed by atoms with Gasteiger partial charge in [-0.1, -0.05) is 48.0 Å². The van der Waals surface area contributed by atoms with Crippen LogP contribution in [0.4, 0.5) is 0 Å². The molecule has 0 N–H and O–H groups in total. The molecule has 1 aromatic carbocycles. The van der Waals surface area contributed by atoms with Gasteiger partial charge >= 0.3 is 0 Å². The van der Waals surface area contributed by atoms with Crippen LogP contribution in [0.25, 0.3) is 10.9 Å². The lowest BCUT2D eigenvalue weighted by Gasteiger charge is -2.22. The summed E-state index contributed by atoms with van der Waals surface area (Å²) < 4.78 is 0. The van der Waals surface area contributed by atoms with Gasteiger partial charge in [-0.3, -0.25) is 4.98 Å². The number of alkyl halides is 1. The van der Waals surface area contributed by atoms with E-state index >= 15 is 0 Å². The molecule has 0 atom stereocenters. The molecule has 15 heavy (non-hydrogen) atoms. The van der Waals surface area contributed by atoms with Gasteiger partial charge < -0.3 is 0 Å². The molecule has 0 saturated heterocycles. The molecule has 0 fully saturated rings. The van der Waals surface area contributed by atoms with E-state index in [9.17, 15) is 0 Å². The van der Waals surface area contributed by atoms with Crippen LogP contribution in [0.1, 0.15) is 19.4 Å². The maximum Gasteiger partial charge on any atom is 0.0702 e. The summed E-state index contributed by atoms with van der Waals surface area (Å²) in [7, 11) is 0. The fourth-order valence-corrected chi connectivity index (χ4v) is 1.84. The van der Waals surface area contributed by atoms with Crippen molar-refractivity contribution in [3.63, 3.8) is 0 Å². The second kappa shape index (κ2) is 3.93. The molecular formula is C13H14BrN. The summed E-state index contributed by atoms with van der Waals surface area (Å²) in [5, 5.41) is 2.16. The Morgan fingerprint density at radius 2 is 2.00 bits per heavy atom. The quantitative estimate of drug-likeness (QED) is 0.749. The summed E-state index contributed by atoms with van der Waals surface area (Å²) in [6, 6.07) is 10.4. The Morgan fingerprint density at radius 3 is 2.73 bits per heavy atom.